The van der Waals surface area contributed by atoms with Gasteiger partial charge in [-0.3, -0.25) is 4.79 Å². The molecule has 5 rings (SSSR count). The predicted octanol–water partition coefficient (Wildman–Crippen LogP) is 1.94. The van der Waals surface area contributed by atoms with Crippen LogP contribution < -0.4 is 10.5 Å². The van der Waals surface area contributed by atoms with Crippen molar-refractivity contribution in [3.63, 3.8) is 0 Å². The van der Waals surface area contributed by atoms with Crippen molar-refractivity contribution >= 4 is 0 Å². The summed E-state index contributed by atoms with van der Waals surface area (Å²) in [6, 6.07) is 13.9. The quantitative estimate of drug-likeness (QED) is 0.710. The van der Waals surface area contributed by atoms with Crippen LogP contribution in [0.1, 0.15) is 29.6 Å². The van der Waals surface area contributed by atoms with Crippen molar-refractivity contribution in [3.8, 4) is 11.1 Å². The zero-order chi connectivity index (χ0) is 20.0. The van der Waals surface area contributed by atoms with Crippen molar-refractivity contribution < 1.29 is 18.8 Å². The Kier molecular flexibility index (Phi) is 4.60. The van der Waals surface area contributed by atoms with Crippen LogP contribution in [0, 0.1) is 11.7 Å². The molecule has 2 aromatic heterocycles. The molecular formula is C23H24FN2O3+. The molecule has 0 aliphatic carbocycles. The standard InChI is InChI=1S/C23H23FN2O3/c24-21-4-2-1-3-19(21)20-7-8-22(28)26-11-15-9-16(23(20)26)12-25(10-15)13-17-5-6-18(14-27)29-17/h1-8,15-16,27H,9-14H2/p+1/t15-,16+/m0/s1. The van der Waals surface area contributed by atoms with Gasteiger partial charge < -0.3 is 19.0 Å². The number of fused-ring (bicyclic) bond motifs is 4. The van der Waals surface area contributed by atoms with Crippen LogP contribution in [0.5, 0.6) is 0 Å². The zero-order valence-corrected chi connectivity index (χ0v) is 16.1. The van der Waals surface area contributed by atoms with Gasteiger partial charge in [0.15, 0.2) is 5.76 Å². The lowest BCUT2D eigenvalue weighted by molar-refractivity contribution is -0.925. The molecular weight excluding hydrogens is 371 g/mol. The number of nitrogens with zero attached hydrogens (tertiary/aromatic N) is 1. The molecule has 2 bridgehead atoms. The van der Waals surface area contributed by atoms with Crippen LogP contribution in [0.4, 0.5) is 4.39 Å². The van der Waals surface area contributed by atoms with Crippen molar-refractivity contribution in [2.75, 3.05) is 13.1 Å². The van der Waals surface area contributed by atoms with Gasteiger partial charge in [0.05, 0.1) is 13.1 Å². The Morgan fingerprint density at radius 1 is 1.07 bits per heavy atom. The van der Waals surface area contributed by atoms with Gasteiger partial charge in [0, 0.05) is 41.3 Å². The summed E-state index contributed by atoms with van der Waals surface area (Å²) in [6.45, 7) is 3.18. The van der Waals surface area contributed by atoms with Crippen LogP contribution in [-0.4, -0.2) is 22.8 Å². The van der Waals surface area contributed by atoms with Gasteiger partial charge in [0.25, 0.3) is 5.56 Å². The van der Waals surface area contributed by atoms with Crippen LogP contribution in [0.15, 0.2) is 57.7 Å². The predicted molar refractivity (Wildman–Crippen MR) is 106 cm³/mol. The zero-order valence-electron chi connectivity index (χ0n) is 16.1. The number of hydrogen-bond donors (Lipinski definition) is 2. The molecule has 0 saturated carbocycles. The Morgan fingerprint density at radius 3 is 2.69 bits per heavy atom. The van der Waals surface area contributed by atoms with Crippen LogP contribution in [0.25, 0.3) is 11.1 Å². The average Bonchev–Trinajstić information content (AvgIpc) is 3.17. The number of hydrogen-bond acceptors (Lipinski definition) is 3. The third-order valence-electron chi connectivity index (χ3n) is 6.24. The molecule has 0 amide bonds. The minimum atomic E-state index is -0.261. The maximum atomic E-state index is 14.5. The summed E-state index contributed by atoms with van der Waals surface area (Å²) in [6.07, 6.45) is 1.02. The molecule has 0 radical (unpaired) electrons. The largest absolute Gasteiger partial charge is 0.458 e. The second-order valence-corrected chi connectivity index (χ2v) is 8.22. The van der Waals surface area contributed by atoms with Crippen molar-refractivity contribution in [2.24, 2.45) is 5.92 Å². The van der Waals surface area contributed by atoms with Crippen LogP contribution in [0.3, 0.4) is 0 Å². The number of nitrogens with one attached hydrogen (secondary N) is 1. The molecule has 150 valence electrons. The number of aliphatic hydroxyl groups is 1. The lowest BCUT2D eigenvalue weighted by Crippen LogP contribution is -3.13. The summed E-state index contributed by atoms with van der Waals surface area (Å²) in [5, 5.41) is 9.22. The summed E-state index contributed by atoms with van der Waals surface area (Å²) in [7, 11) is 0. The number of quaternary nitrogens is 1. The SMILES string of the molecule is O=c1ccc(-c2ccccc2F)c2n1C[C@H]1C[C@@H]2C[NH+](Cc2ccc(CO)o2)C1. The number of aromatic nitrogens is 1. The molecule has 1 unspecified atom stereocenters. The smallest absolute Gasteiger partial charge is 0.250 e. The van der Waals surface area contributed by atoms with Gasteiger partial charge in [-0.1, -0.05) is 18.2 Å². The molecule has 2 aliphatic rings. The van der Waals surface area contributed by atoms with E-state index in [4.69, 9.17) is 4.42 Å². The van der Waals surface area contributed by atoms with E-state index in [-0.39, 0.29) is 23.9 Å². The van der Waals surface area contributed by atoms with Gasteiger partial charge in [0.1, 0.15) is 24.7 Å². The minimum absolute atomic E-state index is 0.00291. The number of likely N-dealkylation sites (tertiary alicyclic amines) is 1. The van der Waals surface area contributed by atoms with Gasteiger partial charge in [-0.2, -0.15) is 0 Å². The third-order valence-corrected chi connectivity index (χ3v) is 6.24. The maximum absolute atomic E-state index is 14.5. The van der Waals surface area contributed by atoms with Crippen LogP contribution >= 0.6 is 0 Å². The Bertz CT molecular complexity index is 1100. The van der Waals surface area contributed by atoms with Gasteiger partial charge in [-0.25, -0.2) is 4.39 Å². The van der Waals surface area contributed by atoms with E-state index in [1.165, 1.54) is 11.0 Å². The van der Waals surface area contributed by atoms with Gasteiger partial charge >= 0.3 is 0 Å². The Balaban J connectivity index is 1.50. The molecule has 2 N–H and O–H groups in total. The van der Waals surface area contributed by atoms with Gasteiger partial charge in [0.2, 0.25) is 0 Å². The number of rotatable bonds is 4. The fourth-order valence-electron chi connectivity index (χ4n) is 5.14. The van der Waals surface area contributed by atoms with E-state index < -0.39 is 0 Å². The molecule has 1 aromatic carbocycles. The number of benzene rings is 1. The highest BCUT2D eigenvalue weighted by Gasteiger charge is 2.39. The molecule has 5 nitrogen and oxygen atoms in total. The molecule has 1 saturated heterocycles. The first-order chi connectivity index (χ1) is 14.1. The van der Waals surface area contributed by atoms with E-state index in [1.54, 1.807) is 24.3 Å². The van der Waals surface area contributed by atoms with Crippen LogP contribution in [-0.2, 0) is 19.7 Å². The fraction of sp³-hybridized carbons (Fsp3) is 0.348. The van der Waals surface area contributed by atoms with Gasteiger partial charge in [-0.15, -0.1) is 0 Å². The monoisotopic (exact) mass is 395 g/mol. The van der Waals surface area contributed by atoms with E-state index in [1.807, 2.05) is 22.8 Å². The summed E-state index contributed by atoms with van der Waals surface area (Å²) in [4.78, 5) is 14.0. The van der Waals surface area contributed by atoms with Crippen molar-refractivity contribution in [3.05, 3.63) is 81.9 Å². The van der Waals surface area contributed by atoms with E-state index in [0.29, 0.717) is 23.8 Å². The molecule has 3 atom stereocenters. The fourth-order valence-corrected chi connectivity index (χ4v) is 5.14. The number of furan rings is 1. The lowest BCUT2D eigenvalue weighted by atomic mass is 9.80. The topological polar surface area (TPSA) is 59.8 Å². The normalized spacial score (nSPS) is 23.0. The summed E-state index contributed by atoms with van der Waals surface area (Å²) in [5.74, 6) is 1.80. The Morgan fingerprint density at radius 2 is 1.90 bits per heavy atom. The number of piperidine rings is 1. The first kappa shape index (κ1) is 18.3. The molecule has 6 heteroatoms. The molecule has 2 aliphatic heterocycles. The highest BCUT2D eigenvalue weighted by molar-refractivity contribution is 5.67. The van der Waals surface area contributed by atoms with E-state index in [2.05, 4.69) is 0 Å². The Hall–Kier alpha value is -2.70. The third kappa shape index (κ3) is 3.32. The van der Waals surface area contributed by atoms with E-state index in [0.717, 1.165) is 43.1 Å². The van der Waals surface area contributed by atoms with Gasteiger partial charge in [-0.05, 0) is 30.7 Å². The lowest BCUT2D eigenvalue weighted by Gasteiger charge is -2.41. The molecule has 4 heterocycles. The highest BCUT2D eigenvalue weighted by atomic mass is 19.1. The summed E-state index contributed by atoms with van der Waals surface area (Å²) in [5.41, 5.74) is 2.34. The van der Waals surface area contributed by atoms with E-state index in [9.17, 15) is 14.3 Å². The molecule has 29 heavy (non-hydrogen) atoms. The summed E-state index contributed by atoms with van der Waals surface area (Å²) < 4.78 is 22.1. The van der Waals surface area contributed by atoms with Crippen molar-refractivity contribution in [1.82, 2.24) is 4.57 Å². The second kappa shape index (κ2) is 7.28. The molecule has 3 aromatic rings. The molecule has 1 fully saturated rings. The second-order valence-electron chi connectivity index (χ2n) is 8.22. The number of pyridine rings is 1. The van der Waals surface area contributed by atoms with Crippen molar-refractivity contribution in [2.45, 2.75) is 32.0 Å². The first-order valence-electron chi connectivity index (χ1n) is 10.1. The van der Waals surface area contributed by atoms with Crippen molar-refractivity contribution in [1.29, 1.82) is 0 Å². The van der Waals surface area contributed by atoms with E-state index >= 15 is 0 Å². The highest BCUT2D eigenvalue weighted by Crippen LogP contribution is 2.37. The molecule has 0 spiro atoms. The first-order valence-corrected chi connectivity index (χ1v) is 10.1. The minimum Gasteiger partial charge on any atom is -0.458 e. The maximum Gasteiger partial charge on any atom is 0.250 e. The van der Waals surface area contributed by atoms with Crippen LogP contribution in [0.2, 0.25) is 0 Å². The number of halogens is 1. The summed E-state index contributed by atoms with van der Waals surface area (Å²) >= 11 is 0. The Labute approximate surface area is 168 Å². The number of aliphatic hydroxyl groups excluding tert-OH is 1. The average molecular weight is 395 g/mol.